The van der Waals surface area contributed by atoms with Gasteiger partial charge in [-0.1, -0.05) is 6.07 Å². The number of rotatable bonds is 4. The molecule has 2 aromatic rings. The Balaban J connectivity index is 2.00. The first-order valence-corrected chi connectivity index (χ1v) is 6.50. The molecule has 4 heteroatoms. The zero-order chi connectivity index (χ0) is 14.5. The van der Waals surface area contributed by atoms with Crippen LogP contribution in [-0.4, -0.2) is 17.0 Å². The third-order valence-electron chi connectivity index (χ3n) is 2.83. The van der Waals surface area contributed by atoms with Crippen molar-refractivity contribution in [1.29, 1.82) is 0 Å². The number of aryl methyl sites for hydroxylation is 2. The van der Waals surface area contributed by atoms with E-state index in [1.165, 1.54) is 0 Å². The summed E-state index contributed by atoms with van der Waals surface area (Å²) in [7, 11) is 0. The van der Waals surface area contributed by atoms with E-state index in [0.717, 1.165) is 11.1 Å². The van der Waals surface area contributed by atoms with Crippen molar-refractivity contribution >= 4 is 11.6 Å². The molecular weight excluding hydrogens is 252 g/mol. The number of carbonyl (C=O) groups is 1. The van der Waals surface area contributed by atoms with Crippen LogP contribution in [-0.2, 0) is 4.79 Å². The average Bonchev–Trinajstić information content (AvgIpc) is 2.38. The Labute approximate surface area is 118 Å². The van der Waals surface area contributed by atoms with Crippen LogP contribution in [0, 0.1) is 13.8 Å². The molecule has 0 spiro atoms. The summed E-state index contributed by atoms with van der Waals surface area (Å²) in [4.78, 5) is 15.9. The van der Waals surface area contributed by atoms with Crippen molar-refractivity contribution < 1.29 is 9.53 Å². The van der Waals surface area contributed by atoms with Crippen molar-refractivity contribution in [3.8, 4) is 5.75 Å². The Bertz CT molecular complexity index is 576. The highest BCUT2D eigenvalue weighted by molar-refractivity contribution is 5.94. The molecule has 0 aliphatic rings. The molecule has 2 rings (SSSR count). The van der Waals surface area contributed by atoms with Crippen molar-refractivity contribution in [3.63, 3.8) is 0 Å². The molecule has 104 valence electrons. The molecule has 0 aliphatic heterocycles. The number of ether oxygens (including phenoxy) is 1. The fraction of sp³-hybridized carbons (Fsp3) is 0.250. The maximum atomic E-state index is 12.0. The van der Waals surface area contributed by atoms with Crippen molar-refractivity contribution in [1.82, 2.24) is 4.98 Å². The maximum absolute atomic E-state index is 12.0. The van der Waals surface area contributed by atoms with E-state index in [0.29, 0.717) is 11.4 Å². The van der Waals surface area contributed by atoms with Crippen LogP contribution >= 0.6 is 0 Å². The second-order valence-corrected chi connectivity index (χ2v) is 4.81. The molecule has 0 bridgehead atoms. The monoisotopic (exact) mass is 270 g/mol. The summed E-state index contributed by atoms with van der Waals surface area (Å²) < 4.78 is 5.68. The SMILES string of the molecule is Cc1cc(C)cc(OC(C)C(=O)Nc2ccncc2)c1. The summed E-state index contributed by atoms with van der Waals surface area (Å²) in [6.45, 7) is 5.73. The molecule has 1 N–H and O–H groups in total. The van der Waals surface area contributed by atoms with E-state index < -0.39 is 6.10 Å². The Kier molecular flexibility index (Phi) is 4.35. The van der Waals surface area contributed by atoms with Crippen LogP contribution in [0.5, 0.6) is 5.75 Å². The van der Waals surface area contributed by atoms with E-state index in [-0.39, 0.29) is 5.91 Å². The van der Waals surface area contributed by atoms with Crippen LogP contribution in [0.15, 0.2) is 42.7 Å². The number of pyridine rings is 1. The number of nitrogens with zero attached hydrogens (tertiary/aromatic N) is 1. The van der Waals surface area contributed by atoms with Crippen LogP contribution in [0.1, 0.15) is 18.1 Å². The standard InChI is InChI=1S/C16H18N2O2/c1-11-8-12(2)10-15(9-11)20-13(3)16(19)18-14-4-6-17-7-5-14/h4-10,13H,1-3H3,(H,17,18,19). The fourth-order valence-electron chi connectivity index (χ4n) is 1.94. The Morgan fingerprint density at radius 2 is 1.75 bits per heavy atom. The van der Waals surface area contributed by atoms with E-state index >= 15 is 0 Å². The van der Waals surface area contributed by atoms with Gasteiger partial charge >= 0.3 is 0 Å². The smallest absolute Gasteiger partial charge is 0.265 e. The predicted octanol–water partition coefficient (Wildman–Crippen LogP) is 3.10. The minimum atomic E-state index is -0.565. The summed E-state index contributed by atoms with van der Waals surface area (Å²) in [5, 5.41) is 2.79. The molecule has 1 aromatic heterocycles. The Morgan fingerprint density at radius 3 is 2.35 bits per heavy atom. The summed E-state index contributed by atoms with van der Waals surface area (Å²) in [5.41, 5.74) is 2.93. The van der Waals surface area contributed by atoms with Gasteiger partial charge in [-0.3, -0.25) is 9.78 Å². The summed E-state index contributed by atoms with van der Waals surface area (Å²) >= 11 is 0. The van der Waals surface area contributed by atoms with Crippen molar-refractivity contribution in [2.75, 3.05) is 5.32 Å². The van der Waals surface area contributed by atoms with Gasteiger partial charge in [-0.25, -0.2) is 0 Å². The number of amides is 1. The molecule has 0 aliphatic carbocycles. The molecule has 4 nitrogen and oxygen atoms in total. The van der Waals surface area contributed by atoms with Gasteiger partial charge in [0.15, 0.2) is 6.10 Å². The van der Waals surface area contributed by atoms with Gasteiger partial charge in [0.2, 0.25) is 0 Å². The highest BCUT2D eigenvalue weighted by atomic mass is 16.5. The van der Waals surface area contributed by atoms with E-state index in [1.807, 2.05) is 26.0 Å². The zero-order valence-electron chi connectivity index (χ0n) is 11.9. The number of nitrogens with one attached hydrogen (secondary N) is 1. The van der Waals surface area contributed by atoms with Gasteiger partial charge in [0.05, 0.1) is 0 Å². The van der Waals surface area contributed by atoms with Gasteiger partial charge in [-0.15, -0.1) is 0 Å². The molecule has 0 fully saturated rings. The lowest BCUT2D eigenvalue weighted by Crippen LogP contribution is -2.30. The van der Waals surface area contributed by atoms with E-state index in [2.05, 4.69) is 16.4 Å². The molecule has 1 aromatic carbocycles. The van der Waals surface area contributed by atoms with E-state index in [4.69, 9.17) is 4.74 Å². The highest BCUT2D eigenvalue weighted by Crippen LogP contribution is 2.18. The second kappa shape index (κ2) is 6.19. The molecule has 1 atom stereocenters. The number of carbonyl (C=O) groups excluding carboxylic acids is 1. The van der Waals surface area contributed by atoms with Crippen LogP contribution < -0.4 is 10.1 Å². The van der Waals surface area contributed by atoms with Gasteiger partial charge in [-0.05, 0) is 56.2 Å². The van der Waals surface area contributed by atoms with E-state index in [1.54, 1.807) is 31.5 Å². The number of anilines is 1. The predicted molar refractivity (Wildman–Crippen MR) is 78.9 cm³/mol. The zero-order valence-corrected chi connectivity index (χ0v) is 11.9. The topological polar surface area (TPSA) is 51.2 Å². The molecule has 0 saturated carbocycles. The van der Waals surface area contributed by atoms with Gasteiger partial charge in [-0.2, -0.15) is 0 Å². The summed E-state index contributed by atoms with van der Waals surface area (Å²) in [5.74, 6) is 0.523. The first-order valence-electron chi connectivity index (χ1n) is 6.50. The number of aromatic nitrogens is 1. The van der Waals surface area contributed by atoms with Gasteiger partial charge < -0.3 is 10.1 Å². The number of hydrogen-bond acceptors (Lipinski definition) is 3. The number of benzene rings is 1. The quantitative estimate of drug-likeness (QED) is 0.928. The largest absolute Gasteiger partial charge is 0.481 e. The first-order chi connectivity index (χ1) is 9.54. The fourth-order valence-corrected chi connectivity index (χ4v) is 1.94. The third kappa shape index (κ3) is 3.82. The van der Waals surface area contributed by atoms with Gasteiger partial charge in [0.25, 0.3) is 5.91 Å². The molecule has 0 saturated heterocycles. The van der Waals surface area contributed by atoms with Crippen LogP contribution in [0.4, 0.5) is 5.69 Å². The van der Waals surface area contributed by atoms with Crippen molar-refractivity contribution in [2.45, 2.75) is 26.9 Å². The molecule has 0 radical (unpaired) electrons. The molecule has 1 unspecified atom stereocenters. The summed E-state index contributed by atoms with van der Waals surface area (Å²) in [6, 6.07) is 9.38. The lowest BCUT2D eigenvalue weighted by atomic mass is 10.1. The third-order valence-corrected chi connectivity index (χ3v) is 2.83. The second-order valence-electron chi connectivity index (χ2n) is 4.81. The van der Waals surface area contributed by atoms with E-state index in [9.17, 15) is 4.79 Å². The van der Waals surface area contributed by atoms with Crippen molar-refractivity contribution in [2.24, 2.45) is 0 Å². The Morgan fingerprint density at radius 1 is 1.15 bits per heavy atom. The van der Waals surface area contributed by atoms with Crippen LogP contribution in [0.3, 0.4) is 0 Å². The van der Waals surface area contributed by atoms with Crippen LogP contribution in [0.25, 0.3) is 0 Å². The normalized spacial score (nSPS) is 11.8. The van der Waals surface area contributed by atoms with Gasteiger partial charge in [0, 0.05) is 18.1 Å². The molecular formula is C16H18N2O2. The highest BCUT2D eigenvalue weighted by Gasteiger charge is 2.15. The number of hydrogen-bond donors (Lipinski definition) is 1. The van der Waals surface area contributed by atoms with Gasteiger partial charge in [0.1, 0.15) is 5.75 Å². The first kappa shape index (κ1) is 14.1. The molecule has 20 heavy (non-hydrogen) atoms. The summed E-state index contributed by atoms with van der Waals surface area (Å²) in [6.07, 6.45) is 2.69. The minimum absolute atomic E-state index is 0.185. The minimum Gasteiger partial charge on any atom is -0.481 e. The lowest BCUT2D eigenvalue weighted by molar-refractivity contribution is -0.122. The lowest BCUT2D eigenvalue weighted by Gasteiger charge is -2.15. The van der Waals surface area contributed by atoms with Crippen LogP contribution in [0.2, 0.25) is 0 Å². The average molecular weight is 270 g/mol. The Hall–Kier alpha value is -2.36. The maximum Gasteiger partial charge on any atom is 0.265 e. The van der Waals surface area contributed by atoms with Crippen molar-refractivity contribution in [3.05, 3.63) is 53.9 Å². The molecule has 1 heterocycles. The molecule has 1 amide bonds.